The Morgan fingerprint density at radius 1 is 0.641 bits per heavy atom. The van der Waals surface area contributed by atoms with Crippen molar-refractivity contribution in [2.24, 2.45) is 52.1 Å². The summed E-state index contributed by atoms with van der Waals surface area (Å²) in [6.45, 7) is 32.7. The lowest BCUT2D eigenvalue weighted by atomic mass is 9.84. The number of aliphatic carboxylic acids is 1. The molecular formula is C80H102N12O9S2. The predicted molar refractivity (Wildman–Crippen MR) is 403 cm³/mol. The van der Waals surface area contributed by atoms with Crippen molar-refractivity contribution in [1.82, 2.24) is 55.3 Å². The molecule has 2 aromatic carbocycles. The van der Waals surface area contributed by atoms with Crippen molar-refractivity contribution in [3.63, 3.8) is 0 Å². The highest BCUT2D eigenvalue weighted by atomic mass is 32.1. The summed E-state index contributed by atoms with van der Waals surface area (Å²) in [5.41, 5.74) is 26.9. The quantitative estimate of drug-likeness (QED) is 0.0841. The molecule has 6 N–H and O–H groups in total. The minimum absolute atomic E-state index is 0.0463. The van der Waals surface area contributed by atoms with Gasteiger partial charge >= 0.3 is 17.9 Å². The van der Waals surface area contributed by atoms with E-state index in [0.717, 1.165) is 95.6 Å². The number of nitrogens with zero attached hydrogens (tertiary/aromatic N) is 8. The Morgan fingerprint density at radius 3 is 1.49 bits per heavy atom. The fourth-order valence-electron chi connectivity index (χ4n) is 15.6. The van der Waals surface area contributed by atoms with Gasteiger partial charge in [0.05, 0.1) is 69.4 Å². The van der Waals surface area contributed by atoms with Crippen LogP contribution in [-0.2, 0) is 77.0 Å². The molecule has 14 rings (SSSR count). The molecule has 0 spiro atoms. The van der Waals surface area contributed by atoms with Crippen LogP contribution >= 0.6 is 22.7 Å². The lowest BCUT2D eigenvalue weighted by Gasteiger charge is -2.35. The topological polar surface area (TPSA) is 271 Å². The Balaban J connectivity index is 0.000000176. The number of amides is 3. The van der Waals surface area contributed by atoms with Gasteiger partial charge < -0.3 is 34.8 Å². The molecule has 10 heterocycles. The molecule has 2 unspecified atom stereocenters. The van der Waals surface area contributed by atoms with Crippen molar-refractivity contribution < 1.29 is 43.3 Å². The van der Waals surface area contributed by atoms with Crippen molar-refractivity contribution in [2.45, 2.75) is 197 Å². The lowest BCUT2D eigenvalue weighted by Crippen LogP contribution is -2.60. The van der Waals surface area contributed by atoms with E-state index in [2.05, 4.69) is 157 Å². The van der Waals surface area contributed by atoms with E-state index in [-0.39, 0.29) is 90.2 Å². The number of carbonyl (C=O) groups is 6. The van der Waals surface area contributed by atoms with E-state index in [9.17, 15) is 28.8 Å². The molecule has 2 aliphatic carbocycles. The lowest BCUT2D eigenvalue weighted by molar-refractivity contribution is -0.156. The van der Waals surface area contributed by atoms with Gasteiger partial charge in [-0.3, -0.25) is 48.8 Å². The van der Waals surface area contributed by atoms with Gasteiger partial charge in [-0.25, -0.2) is 20.8 Å². The second-order valence-corrected chi connectivity index (χ2v) is 33.4. The van der Waals surface area contributed by atoms with Crippen molar-refractivity contribution in [3.8, 4) is 45.0 Å². The smallest absolute Gasteiger partial charge is 0.324 e. The summed E-state index contributed by atoms with van der Waals surface area (Å²) in [4.78, 5) is 97.3. The van der Waals surface area contributed by atoms with Gasteiger partial charge in [-0.2, -0.15) is 0 Å². The Kier molecular flexibility index (Phi) is 22.0. The number of carboxylic acid groups (broad SMARTS) is 1. The van der Waals surface area contributed by atoms with Gasteiger partial charge in [0.2, 0.25) is 5.91 Å². The zero-order chi connectivity index (χ0) is 73.7. The average Bonchev–Trinajstić information content (AvgIpc) is 1.60. The van der Waals surface area contributed by atoms with Crippen molar-refractivity contribution in [3.05, 3.63) is 116 Å². The third-order valence-electron chi connectivity index (χ3n) is 21.9. The maximum atomic E-state index is 14.1. The number of hydrogen-bond acceptors (Lipinski definition) is 17. The van der Waals surface area contributed by atoms with Crippen LogP contribution in [0, 0.1) is 46.3 Å². The molecule has 4 fully saturated rings. The number of hydrazine groups is 2. The van der Waals surface area contributed by atoms with E-state index in [4.69, 9.17) is 40.2 Å². The third kappa shape index (κ3) is 15.8. The number of cyclic esters (lactones) is 2. The number of hydrogen-bond donors (Lipinski definition) is 5. The van der Waals surface area contributed by atoms with Gasteiger partial charge in [-0.1, -0.05) is 95.2 Å². The van der Waals surface area contributed by atoms with Gasteiger partial charge in [0.1, 0.15) is 18.1 Å². The Morgan fingerprint density at radius 2 is 1.08 bits per heavy atom. The summed E-state index contributed by atoms with van der Waals surface area (Å²) in [6, 6.07) is 18.6. The first kappa shape index (κ1) is 74.5. The summed E-state index contributed by atoms with van der Waals surface area (Å²) >= 11 is 3.01. The van der Waals surface area contributed by atoms with Crippen LogP contribution in [-0.4, -0.2) is 130 Å². The Labute approximate surface area is 612 Å². The SMILES string of the molecule is CCn1c(-c2cccnc2C(C)C)c2c3cc(ccc31)-c1csc(n1)C[C@H](N)C(=O)N1CCC[C@H](N1)C(=O)OCC(C)(C)C2.CCn1c(-c2cccnc2C(C)C)c2c3cc(ccc31)-c1csc(n1)C[C@H](NC(=O)C1[C@@H](C)[C@H]1C)C(=O)N1CCC[C@H](N1)C(=O)OCC(C)(C)C2.C[C@@H]1C(C(=O)O)[C@@H]1C. The first-order valence-electron chi connectivity index (χ1n) is 36.9. The number of nitrogens with two attached hydrogens (primary N) is 1. The largest absolute Gasteiger partial charge is 0.481 e. The van der Waals surface area contributed by atoms with Gasteiger partial charge in [-0.05, 0) is 148 Å². The monoisotopic (exact) mass is 1440 g/mol. The van der Waals surface area contributed by atoms with Crippen LogP contribution in [0.4, 0.5) is 0 Å². The number of aromatic nitrogens is 6. The number of fused-ring (bicyclic) bond motifs is 12. The summed E-state index contributed by atoms with van der Waals surface area (Å²) in [7, 11) is 0. The summed E-state index contributed by atoms with van der Waals surface area (Å²) in [5.74, 6) is -0.267. The molecule has 21 nitrogen and oxygen atoms in total. The minimum Gasteiger partial charge on any atom is -0.481 e. The van der Waals surface area contributed by atoms with E-state index in [1.54, 1.807) is 0 Å². The zero-order valence-corrected chi connectivity index (χ0v) is 63.7. The molecule has 10 atom stereocenters. The molecule has 6 aliphatic rings. The van der Waals surface area contributed by atoms with Crippen molar-refractivity contribution in [1.29, 1.82) is 0 Å². The minimum atomic E-state index is -0.818. The fraction of sp³-hybridized carbons (Fsp3) is 0.525. The zero-order valence-electron chi connectivity index (χ0n) is 62.1. The molecule has 103 heavy (non-hydrogen) atoms. The van der Waals surface area contributed by atoms with Crippen LogP contribution < -0.4 is 21.9 Å². The first-order valence-corrected chi connectivity index (χ1v) is 38.7. The highest BCUT2D eigenvalue weighted by molar-refractivity contribution is 7.10. The van der Waals surface area contributed by atoms with E-state index in [1.807, 2.05) is 49.1 Å². The van der Waals surface area contributed by atoms with Gasteiger partial charge in [0.15, 0.2) is 0 Å². The van der Waals surface area contributed by atoms with E-state index in [1.165, 1.54) is 49.5 Å². The highest BCUT2D eigenvalue weighted by Crippen LogP contribution is 2.48. The van der Waals surface area contributed by atoms with Crippen LogP contribution in [0.15, 0.2) is 83.8 Å². The number of rotatable bonds is 9. The number of aryl methyl sites for hydroxylation is 2. The first-order chi connectivity index (χ1) is 49.1. The highest BCUT2D eigenvalue weighted by Gasteiger charge is 2.50. The summed E-state index contributed by atoms with van der Waals surface area (Å²) in [5, 5.41) is 22.4. The van der Waals surface area contributed by atoms with Crippen LogP contribution in [0.2, 0.25) is 0 Å². The van der Waals surface area contributed by atoms with Gasteiger partial charge in [-0.15, -0.1) is 22.7 Å². The van der Waals surface area contributed by atoms with Crippen LogP contribution in [0.3, 0.4) is 0 Å². The number of carbonyl (C=O) groups excluding carboxylic acids is 5. The predicted octanol–water partition coefficient (Wildman–Crippen LogP) is 13.0. The second-order valence-electron chi connectivity index (χ2n) is 31.5. The van der Waals surface area contributed by atoms with E-state index < -0.39 is 35.6 Å². The maximum Gasteiger partial charge on any atom is 0.324 e. The molecule has 8 aromatic rings. The number of carboxylic acids is 1. The molecule has 548 valence electrons. The van der Waals surface area contributed by atoms with Gasteiger partial charge in [0.25, 0.3) is 11.8 Å². The number of esters is 2. The van der Waals surface area contributed by atoms with Crippen LogP contribution in [0.5, 0.6) is 0 Å². The summed E-state index contributed by atoms with van der Waals surface area (Å²) in [6.07, 6.45) is 8.17. The molecule has 12 bridgehead atoms. The summed E-state index contributed by atoms with van der Waals surface area (Å²) < 4.78 is 16.8. The molecule has 23 heteroatoms. The molecule has 6 aromatic heterocycles. The Hall–Kier alpha value is -8.22. The standard InChI is InChI=1S/C40H50N6O4S.C34H42N6O3S.C6H10O2/c1-8-45-32-14-13-25-17-27(32)28(36(45)26-11-9-15-41-35(26)22(2)3)19-40(6,7)21-50-39(49)29-12-10-16-46(44-29)38(48)30(18-33-42-31(25)20-51-33)43-37(47)34-23(4)24(34)5;1-6-39-28-12-11-21-15-23(28)24(31(39)22-9-7-13-36-30(22)20(2)3)17-34(4,5)19-43-33(42)26-10-8-14-40(38-26)32(41)25(35)16-29-37-27(21)18-44-29;1-3-4(2)5(3)6(7)8/h9,11,13-15,17,20,22-24,29-30,34,44H,8,10,12,16,18-19,21H2,1-7H3,(H,43,47);7,9,11-13,15,18,20,25-26,38H,6,8,10,14,16-17,19,35H2,1-5H3;3-5H,1-2H3,(H,7,8)/t23-,24+,29-,30-,34?;25-,26-;3-,4+,5?/m00./s1. The van der Waals surface area contributed by atoms with Crippen LogP contribution in [0.1, 0.15) is 167 Å². The molecule has 2 saturated carbocycles. The van der Waals surface area contributed by atoms with Crippen LogP contribution in [0.25, 0.3) is 66.8 Å². The number of benzene rings is 2. The van der Waals surface area contributed by atoms with E-state index in [0.29, 0.717) is 69.9 Å². The molecule has 2 saturated heterocycles. The Bertz CT molecular complexity index is 4490. The number of ether oxygens (including phenoxy) is 2. The molecule has 3 amide bonds. The second kappa shape index (κ2) is 30.5. The maximum absolute atomic E-state index is 14.1. The van der Waals surface area contributed by atoms with Gasteiger partial charge in [0, 0.05) is 123 Å². The molecular weight excluding hydrogens is 1340 g/mol. The average molecular weight is 1440 g/mol. The number of nitrogens with one attached hydrogen (secondary N) is 3. The van der Waals surface area contributed by atoms with E-state index >= 15 is 0 Å². The number of thiazole rings is 2. The van der Waals surface area contributed by atoms with Crippen molar-refractivity contribution >= 4 is 80.1 Å². The fourth-order valence-corrected chi connectivity index (χ4v) is 17.3. The third-order valence-corrected chi connectivity index (χ3v) is 23.6. The van der Waals surface area contributed by atoms with Crippen molar-refractivity contribution in [2.75, 3.05) is 26.3 Å². The number of pyridine rings is 2. The normalized spacial score (nSPS) is 24.8. The molecule has 4 aliphatic heterocycles. The molecule has 0 radical (unpaired) electrons.